The summed E-state index contributed by atoms with van der Waals surface area (Å²) in [5, 5.41) is 0. The highest BCUT2D eigenvalue weighted by molar-refractivity contribution is 5.83. The number of carbonyl (C=O) groups is 2. The Morgan fingerprint density at radius 3 is 1.97 bits per heavy atom. The Morgan fingerprint density at radius 1 is 0.833 bits per heavy atom. The first-order chi connectivity index (χ1) is 14.6. The van der Waals surface area contributed by atoms with Crippen LogP contribution in [-0.4, -0.2) is 43.6 Å². The van der Waals surface area contributed by atoms with E-state index in [1.165, 1.54) is 62.7 Å². The molecule has 0 N–H and O–H groups in total. The second kappa shape index (κ2) is 16.7. The first kappa shape index (κ1) is 26.0. The maximum absolute atomic E-state index is 12.2. The van der Waals surface area contributed by atoms with Crippen LogP contribution in [0.25, 0.3) is 0 Å². The van der Waals surface area contributed by atoms with Crippen molar-refractivity contribution in [1.29, 1.82) is 0 Å². The van der Waals surface area contributed by atoms with Crippen LogP contribution >= 0.6 is 0 Å². The van der Waals surface area contributed by atoms with Crippen LogP contribution in [-0.2, 0) is 20.7 Å². The van der Waals surface area contributed by atoms with E-state index in [4.69, 9.17) is 9.47 Å². The van der Waals surface area contributed by atoms with E-state index in [0.29, 0.717) is 6.61 Å². The van der Waals surface area contributed by atoms with Crippen LogP contribution in [0.4, 0.5) is 0 Å². The number of benzene rings is 1. The van der Waals surface area contributed by atoms with Crippen LogP contribution in [0.15, 0.2) is 24.3 Å². The number of hydrogen-bond acceptors (Lipinski definition) is 4. The van der Waals surface area contributed by atoms with E-state index in [9.17, 15) is 9.59 Å². The summed E-state index contributed by atoms with van der Waals surface area (Å²) in [5.74, 6) is 0.341. The van der Waals surface area contributed by atoms with E-state index in [0.717, 1.165) is 24.3 Å². The number of nitrogens with zero attached hydrogens (tertiary/aromatic N) is 1. The summed E-state index contributed by atoms with van der Waals surface area (Å²) in [6.45, 7) is 5.04. The van der Waals surface area contributed by atoms with Gasteiger partial charge in [0.15, 0.2) is 0 Å². The molecule has 1 aromatic carbocycles. The summed E-state index contributed by atoms with van der Waals surface area (Å²) in [5.41, 5.74) is 0.905. The predicted molar refractivity (Wildman–Crippen MR) is 122 cm³/mol. The molecule has 5 heteroatoms. The van der Waals surface area contributed by atoms with Gasteiger partial charge in [-0.2, -0.15) is 0 Å². The third-order valence-corrected chi connectivity index (χ3v) is 5.14. The van der Waals surface area contributed by atoms with Gasteiger partial charge in [-0.05, 0) is 31.0 Å². The van der Waals surface area contributed by atoms with Crippen LogP contribution in [0, 0.1) is 0 Å². The monoisotopic (exact) mass is 419 g/mol. The van der Waals surface area contributed by atoms with Crippen LogP contribution in [0.1, 0.15) is 83.6 Å². The predicted octanol–water partition coefficient (Wildman–Crippen LogP) is 5.55. The van der Waals surface area contributed by atoms with Gasteiger partial charge in [0.25, 0.3) is 0 Å². The number of unbranched alkanes of at least 4 members (excludes halogenated alkanes) is 9. The van der Waals surface area contributed by atoms with Crippen molar-refractivity contribution in [3.63, 3.8) is 0 Å². The summed E-state index contributed by atoms with van der Waals surface area (Å²) in [7, 11) is 1.61. The second-order valence-corrected chi connectivity index (χ2v) is 7.91. The van der Waals surface area contributed by atoms with Crippen LogP contribution in [0.3, 0.4) is 0 Å². The number of carbonyl (C=O) groups excluding carboxylic acids is 2. The van der Waals surface area contributed by atoms with Gasteiger partial charge in [0.05, 0.1) is 19.6 Å². The number of amides is 1. The molecule has 0 saturated carbocycles. The minimum absolute atomic E-state index is 0.0211. The lowest BCUT2D eigenvalue weighted by atomic mass is 10.1. The molecular formula is C25H41NO4. The SMILES string of the molecule is CCCCCCCCCCCCOc1ccc(CC(=O)N(C)CC(=O)OCC)cc1. The molecular weight excluding hydrogens is 378 g/mol. The molecule has 0 fully saturated rings. The van der Waals surface area contributed by atoms with Gasteiger partial charge in [-0.25, -0.2) is 0 Å². The second-order valence-electron chi connectivity index (χ2n) is 7.91. The zero-order valence-electron chi connectivity index (χ0n) is 19.3. The molecule has 1 aromatic rings. The summed E-state index contributed by atoms with van der Waals surface area (Å²) in [4.78, 5) is 25.1. The molecule has 0 aliphatic heterocycles. The average Bonchev–Trinajstić information content (AvgIpc) is 2.73. The highest BCUT2D eigenvalue weighted by Gasteiger charge is 2.14. The fourth-order valence-electron chi connectivity index (χ4n) is 3.28. The molecule has 1 rings (SSSR count). The van der Waals surface area contributed by atoms with Crippen molar-refractivity contribution in [3.8, 4) is 5.75 Å². The number of hydrogen-bond donors (Lipinski definition) is 0. The van der Waals surface area contributed by atoms with E-state index < -0.39 is 0 Å². The zero-order chi connectivity index (χ0) is 22.0. The van der Waals surface area contributed by atoms with Gasteiger partial charge in [0.2, 0.25) is 5.91 Å². The molecule has 1 amide bonds. The van der Waals surface area contributed by atoms with E-state index in [1.54, 1.807) is 14.0 Å². The van der Waals surface area contributed by atoms with Crippen molar-refractivity contribution in [3.05, 3.63) is 29.8 Å². The fourth-order valence-corrected chi connectivity index (χ4v) is 3.28. The van der Waals surface area contributed by atoms with Gasteiger partial charge >= 0.3 is 5.97 Å². The molecule has 0 unspecified atom stereocenters. The molecule has 0 atom stereocenters. The summed E-state index contributed by atoms with van der Waals surface area (Å²) in [6, 6.07) is 7.63. The van der Waals surface area contributed by atoms with Crippen molar-refractivity contribution in [2.24, 2.45) is 0 Å². The van der Waals surface area contributed by atoms with Crippen LogP contribution in [0.5, 0.6) is 5.75 Å². The quantitative estimate of drug-likeness (QED) is 0.245. The van der Waals surface area contributed by atoms with Gasteiger partial charge in [-0.1, -0.05) is 76.8 Å². The van der Waals surface area contributed by atoms with E-state index in [-0.39, 0.29) is 24.8 Å². The van der Waals surface area contributed by atoms with E-state index in [2.05, 4.69) is 6.92 Å². The maximum Gasteiger partial charge on any atom is 0.325 e. The highest BCUT2D eigenvalue weighted by atomic mass is 16.5. The third-order valence-electron chi connectivity index (χ3n) is 5.14. The van der Waals surface area contributed by atoms with Crippen molar-refractivity contribution in [2.75, 3.05) is 26.8 Å². The van der Waals surface area contributed by atoms with Crippen molar-refractivity contribution < 1.29 is 19.1 Å². The van der Waals surface area contributed by atoms with Gasteiger partial charge in [-0.15, -0.1) is 0 Å². The molecule has 0 saturated heterocycles. The highest BCUT2D eigenvalue weighted by Crippen LogP contribution is 2.15. The molecule has 30 heavy (non-hydrogen) atoms. The molecule has 0 aromatic heterocycles. The van der Waals surface area contributed by atoms with Gasteiger partial charge in [0.1, 0.15) is 12.3 Å². The Hall–Kier alpha value is -2.04. The Bertz CT molecular complexity index is 585. The normalized spacial score (nSPS) is 10.6. The van der Waals surface area contributed by atoms with Gasteiger partial charge in [0, 0.05) is 7.05 Å². The lowest BCUT2D eigenvalue weighted by Gasteiger charge is -2.16. The lowest BCUT2D eigenvalue weighted by Crippen LogP contribution is -2.34. The molecule has 0 heterocycles. The molecule has 0 spiro atoms. The standard InChI is InChI=1S/C25H41NO4/c1-4-6-7-8-9-10-11-12-13-14-19-30-23-17-15-22(16-18-23)20-24(27)26(3)21-25(28)29-5-2/h15-18H,4-14,19-21H2,1-3H3. The molecule has 5 nitrogen and oxygen atoms in total. The number of esters is 1. The minimum atomic E-state index is -0.385. The van der Waals surface area contributed by atoms with Crippen molar-refractivity contribution in [2.45, 2.75) is 84.5 Å². The Kier molecular flexibility index (Phi) is 14.5. The largest absolute Gasteiger partial charge is 0.494 e. The number of ether oxygens (including phenoxy) is 2. The smallest absolute Gasteiger partial charge is 0.325 e. The van der Waals surface area contributed by atoms with Crippen LogP contribution in [0.2, 0.25) is 0 Å². The molecule has 0 aliphatic carbocycles. The minimum Gasteiger partial charge on any atom is -0.494 e. The molecule has 170 valence electrons. The fraction of sp³-hybridized carbons (Fsp3) is 0.680. The average molecular weight is 420 g/mol. The number of rotatable bonds is 17. The molecule has 0 bridgehead atoms. The maximum atomic E-state index is 12.2. The van der Waals surface area contributed by atoms with Gasteiger partial charge < -0.3 is 14.4 Å². The third kappa shape index (κ3) is 12.5. The van der Waals surface area contributed by atoms with Crippen molar-refractivity contribution >= 4 is 11.9 Å². The Morgan fingerprint density at radius 2 is 1.40 bits per heavy atom. The first-order valence-electron chi connectivity index (χ1n) is 11.7. The number of likely N-dealkylation sites (N-methyl/N-ethyl adjacent to an activating group) is 1. The first-order valence-corrected chi connectivity index (χ1v) is 11.7. The Balaban J connectivity index is 2.13. The summed E-state index contributed by atoms with van der Waals surface area (Å²) in [6.07, 6.45) is 13.4. The van der Waals surface area contributed by atoms with E-state index >= 15 is 0 Å². The lowest BCUT2D eigenvalue weighted by molar-refractivity contribution is -0.147. The summed E-state index contributed by atoms with van der Waals surface area (Å²) >= 11 is 0. The van der Waals surface area contributed by atoms with Gasteiger partial charge in [-0.3, -0.25) is 9.59 Å². The molecule has 0 radical (unpaired) electrons. The summed E-state index contributed by atoms with van der Waals surface area (Å²) < 4.78 is 10.7. The van der Waals surface area contributed by atoms with Crippen LogP contribution < -0.4 is 4.74 Å². The Labute approximate surface area is 183 Å². The zero-order valence-corrected chi connectivity index (χ0v) is 19.3. The van der Waals surface area contributed by atoms with E-state index in [1.807, 2.05) is 24.3 Å². The van der Waals surface area contributed by atoms with Crippen molar-refractivity contribution in [1.82, 2.24) is 4.90 Å². The molecule has 0 aliphatic rings. The topological polar surface area (TPSA) is 55.8 Å².